The lowest BCUT2D eigenvalue weighted by molar-refractivity contribution is 0.0900. The van der Waals surface area contributed by atoms with Crippen LogP contribution >= 0.6 is 0 Å². The third-order valence-corrected chi connectivity index (χ3v) is 3.94. The molecule has 0 aliphatic carbocycles. The van der Waals surface area contributed by atoms with Gasteiger partial charge in [-0.15, -0.1) is 0 Å². The first-order valence-corrected chi connectivity index (χ1v) is 5.96. The van der Waals surface area contributed by atoms with Crippen molar-refractivity contribution in [1.82, 2.24) is 10.3 Å². The Morgan fingerprint density at radius 1 is 1.50 bits per heavy atom. The molecule has 0 aromatic carbocycles. The fraction of sp³-hybridized carbons (Fsp3) is 0.538. The molecule has 0 spiro atoms. The van der Waals surface area contributed by atoms with E-state index in [1.807, 2.05) is 13.0 Å². The van der Waals surface area contributed by atoms with Crippen molar-refractivity contribution < 1.29 is 4.79 Å². The normalized spacial score (nSPS) is 31.9. The first-order chi connectivity index (χ1) is 7.75. The van der Waals surface area contributed by atoms with Crippen LogP contribution in [-0.4, -0.2) is 22.9 Å². The Bertz CT molecular complexity index is 430. The Morgan fingerprint density at radius 3 is 3.00 bits per heavy atom. The molecule has 3 unspecified atom stereocenters. The van der Waals surface area contributed by atoms with Crippen molar-refractivity contribution in [3.8, 4) is 0 Å². The van der Waals surface area contributed by atoms with Gasteiger partial charge in [-0.2, -0.15) is 0 Å². The van der Waals surface area contributed by atoms with Gasteiger partial charge in [0.2, 0.25) is 0 Å². The fourth-order valence-electron chi connectivity index (χ4n) is 3.04. The Hall–Kier alpha value is -1.22. The summed E-state index contributed by atoms with van der Waals surface area (Å²) in [5.74, 6) is 0.465. The van der Waals surface area contributed by atoms with Crippen LogP contribution in [0.1, 0.15) is 35.2 Å². The highest BCUT2D eigenvalue weighted by Gasteiger charge is 2.43. The molecule has 0 saturated carbocycles. The number of aromatic nitrogens is 1. The van der Waals surface area contributed by atoms with Crippen LogP contribution in [0.2, 0.25) is 0 Å². The summed E-state index contributed by atoms with van der Waals surface area (Å²) in [6, 6.07) is 2.90. The van der Waals surface area contributed by atoms with Crippen molar-refractivity contribution in [2.75, 3.05) is 0 Å². The Morgan fingerprint density at radius 2 is 2.38 bits per heavy atom. The van der Waals surface area contributed by atoms with Gasteiger partial charge in [-0.05, 0) is 37.8 Å². The summed E-state index contributed by atoms with van der Waals surface area (Å²) < 4.78 is 0. The summed E-state index contributed by atoms with van der Waals surface area (Å²) in [6.45, 7) is 1.98. The second-order valence-electron chi connectivity index (χ2n) is 4.94. The van der Waals surface area contributed by atoms with Crippen LogP contribution in [0.15, 0.2) is 18.5 Å². The number of Topliss-reactive ketones (excluding diaryl/α,β-unsaturated/α-hetero) is 1. The number of pyridine rings is 1. The predicted molar refractivity (Wildman–Crippen MR) is 61.4 cm³/mol. The number of carbonyl (C=O) groups excluding carboxylic acids is 1. The molecule has 3 heterocycles. The predicted octanol–water partition coefficient (Wildman–Crippen LogP) is 1.71. The molecule has 2 aliphatic rings. The number of aryl methyl sites for hydroxylation is 1. The minimum absolute atomic E-state index is 0.182. The van der Waals surface area contributed by atoms with Gasteiger partial charge in [0.1, 0.15) is 0 Å². The smallest absolute Gasteiger partial charge is 0.169 e. The highest BCUT2D eigenvalue weighted by atomic mass is 16.1. The molecule has 2 bridgehead atoms. The van der Waals surface area contributed by atoms with E-state index in [2.05, 4.69) is 10.3 Å². The summed E-state index contributed by atoms with van der Waals surface area (Å²) in [5, 5.41) is 3.51. The third-order valence-electron chi connectivity index (χ3n) is 3.94. The highest BCUT2D eigenvalue weighted by Crippen LogP contribution is 2.35. The van der Waals surface area contributed by atoms with Crippen molar-refractivity contribution in [1.29, 1.82) is 0 Å². The first-order valence-electron chi connectivity index (χ1n) is 5.96. The maximum absolute atomic E-state index is 12.4. The second-order valence-corrected chi connectivity index (χ2v) is 4.94. The first kappa shape index (κ1) is 9.97. The molecular formula is C13H16N2O. The SMILES string of the molecule is Cc1ccncc1C(=O)C1CC2CCC1N2. The fourth-order valence-corrected chi connectivity index (χ4v) is 3.04. The summed E-state index contributed by atoms with van der Waals surface area (Å²) in [6.07, 6.45) is 6.85. The van der Waals surface area contributed by atoms with Gasteiger partial charge in [-0.3, -0.25) is 9.78 Å². The molecule has 3 heteroatoms. The zero-order chi connectivity index (χ0) is 11.1. The number of rotatable bonds is 2. The maximum Gasteiger partial charge on any atom is 0.169 e. The highest BCUT2D eigenvalue weighted by molar-refractivity contribution is 5.99. The Balaban J connectivity index is 1.86. The number of hydrogen-bond acceptors (Lipinski definition) is 3. The van der Waals surface area contributed by atoms with Crippen LogP contribution in [0.25, 0.3) is 0 Å². The lowest BCUT2D eigenvalue weighted by Crippen LogP contribution is -2.29. The van der Waals surface area contributed by atoms with Crippen LogP contribution < -0.4 is 5.32 Å². The lowest BCUT2D eigenvalue weighted by atomic mass is 9.83. The monoisotopic (exact) mass is 216 g/mol. The quantitative estimate of drug-likeness (QED) is 0.765. The van der Waals surface area contributed by atoms with Gasteiger partial charge >= 0.3 is 0 Å². The van der Waals surface area contributed by atoms with Gasteiger partial charge in [0, 0.05) is 36.0 Å². The van der Waals surface area contributed by atoms with E-state index >= 15 is 0 Å². The summed E-state index contributed by atoms with van der Waals surface area (Å²) in [4.78, 5) is 16.4. The molecule has 0 amide bonds. The van der Waals surface area contributed by atoms with Gasteiger partial charge in [0.25, 0.3) is 0 Å². The average molecular weight is 216 g/mol. The molecule has 1 N–H and O–H groups in total. The van der Waals surface area contributed by atoms with E-state index in [0.717, 1.165) is 24.0 Å². The van der Waals surface area contributed by atoms with Crippen molar-refractivity contribution in [2.24, 2.45) is 5.92 Å². The molecule has 2 fully saturated rings. The molecular weight excluding hydrogens is 200 g/mol. The van der Waals surface area contributed by atoms with Crippen LogP contribution in [0.5, 0.6) is 0 Å². The largest absolute Gasteiger partial charge is 0.310 e. The molecule has 3 rings (SSSR count). The molecule has 3 atom stereocenters. The number of nitrogens with zero attached hydrogens (tertiary/aromatic N) is 1. The second kappa shape index (κ2) is 3.67. The Kier molecular flexibility index (Phi) is 2.28. The molecule has 1 aromatic heterocycles. The third kappa shape index (κ3) is 1.47. The van der Waals surface area contributed by atoms with Gasteiger partial charge in [0.15, 0.2) is 5.78 Å². The molecule has 2 aliphatic heterocycles. The van der Waals surface area contributed by atoms with E-state index in [1.54, 1.807) is 12.4 Å². The van der Waals surface area contributed by atoms with Crippen LogP contribution in [-0.2, 0) is 0 Å². The van der Waals surface area contributed by atoms with E-state index in [9.17, 15) is 4.79 Å². The van der Waals surface area contributed by atoms with Gasteiger partial charge in [-0.25, -0.2) is 0 Å². The molecule has 2 saturated heterocycles. The lowest BCUT2D eigenvalue weighted by Gasteiger charge is -2.19. The molecule has 84 valence electrons. The van der Waals surface area contributed by atoms with E-state index in [-0.39, 0.29) is 11.7 Å². The topological polar surface area (TPSA) is 42.0 Å². The van der Waals surface area contributed by atoms with Crippen molar-refractivity contribution in [2.45, 2.75) is 38.3 Å². The van der Waals surface area contributed by atoms with Crippen LogP contribution in [0.4, 0.5) is 0 Å². The zero-order valence-electron chi connectivity index (χ0n) is 9.44. The minimum atomic E-state index is 0.182. The van der Waals surface area contributed by atoms with Gasteiger partial charge in [0.05, 0.1) is 0 Å². The standard InChI is InChI=1S/C13H16N2O/c1-8-4-5-14-7-11(8)13(16)10-6-9-2-3-12(10)15-9/h4-5,7,9-10,12,15H,2-3,6H2,1H3. The maximum atomic E-state index is 12.4. The summed E-state index contributed by atoms with van der Waals surface area (Å²) >= 11 is 0. The number of ketones is 1. The van der Waals surface area contributed by atoms with Gasteiger partial charge < -0.3 is 5.32 Å². The molecule has 0 radical (unpaired) electrons. The van der Waals surface area contributed by atoms with Gasteiger partial charge in [-0.1, -0.05) is 0 Å². The number of hydrogen-bond donors (Lipinski definition) is 1. The van der Waals surface area contributed by atoms with E-state index in [4.69, 9.17) is 0 Å². The van der Waals surface area contributed by atoms with E-state index in [1.165, 1.54) is 6.42 Å². The van der Waals surface area contributed by atoms with Crippen LogP contribution in [0, 0.1) is 12.8 Å². The van der Waals surface area contributed by atoms with E-state index < -0.39 is 0 Å². The molecule has 1 aromatic rings. The number of fused-ring (bicyclic) bond motifs is 2. The summed E-state index contributed by atoms with van der Waals surface area (Å²) in [5.41, 5.74) is 1.85. The summed E-state index contributed by atoms with van der Waals surface area (Å²) in [7, 11) is 0. The van der Waals surface area contributed by atoms with Crippen molar-refractivity contribution in [3.05, 3.63) is 29.6 Å². The van der Waals surface area contributed by atoms with E-state index in [0.29, 0.717) is 12.1 Å². The minimum Gasteiger partial charge on any atom is -0.310 e. The van der Waals surface area contributed by atoms with Crippen LogP contribution in [0.3, 0.4) is 0 Å². The van der Waals surface area contributed by atoms with Crippen molar-refractivity contribution >= 4 is 5.78 Å². The van der Waals surface area contributed by atoms with Crippen molar-refractivity contribution in [3.63, 3.8) is 0 Å². The number of nitrogens with one attached hydrogen (secondary N) is 1. The Labute approximate surface area is 95.3 Å². The molecule has 16 heavy (non-hydrogen) atoms. The average Bonchev–Trinajstić information content (AvgIpc) is 2.90. The molecule has 3 nitrogen and oxygen atoms in total. The number of carbonyl (C=O) groups is 1. The zero-order valence-corrected chi connectivity index (χ0v) is 9.44.